The Kier molecular flexibility index (Phi) is 4.44. The molecule has 0 aliphatic rings. The smallest absolute Gasteiger partial charge is 0.328 e. The number of nitrogens with one attached hydrogen (secondary N) is 1. The molecular formula is C13H18N4OS. The van der Waals surface area contributed by atoms with Gasteiger partial charge in [-0.2, -0.15) is 0 Å². The minimum absolute atomic E-state index is 0.106. The number of nitrogens with two attached hydrogens (primary N) is 1. The van der Waals surface area contributed by atoms with Crippen LogP contribution in [0.25, 0.3) is 0 Å². The van der Waals surface area contributed by atoms with Crippen LogP contribution >= 0.6 is 11.8 Å². The van der Waals surface area contributed by atoms with Gasteiger partial charge in [-0.05, 0) is 43.7 Å². The summed E-state index contributed by atoms with van der Waals surface area (Å²) in [6.45, 7) is 4.51. The van der Waals surface area contributed by atoms with Crippen molar-refractivity contribution in [2.24, 2.45) is 5.73 Å². The summed E-state index contributed by atoms with van der Waals surface area (Å²) < 4.78 is 1.62. The van der Waals surface area contributed by atoms with Crippen molar-refractivity contribution < 1.29 is 0 Å². The fraction of sp³-hybridized carbons (Fsp3) is 0.385. The number of benzene rings is 1. The molecule has 0 amide bonds. The molecule has 3 N–H and O–H groups in total. The van der Waals surface area contributed by atoms with E-state index in [2.05, 4.69) is 16.3 Å². The number of hydrogen-bond acceptors (Lipinski definition) is 4. The third-order valence-electron chi connectivity index (χ3n) is 2.76. The van der Waals surface area contributed by atoms with E-state index in [1.165, 1.54) is 17.3 Å². The van der Waals surface area contributed by atoms with Crippen molar-refractivity contribution in [1.29, 1.82) is 0 Å². The van der Waals surface area contributed by atoms with E-state index in [9.17, 15) is 4.79 Å². The molecule has 0 saturated heterocycles. The van der Waals surface area contributed by atoms with Crippen LogP contribution in [0, 0.1) is 0 Å². The van der Waals surface area contributed by atoms with Crippen molar-refractivity contribution >= 4 is 11.8 Å². The lowest BCUT2D eigenvalue weighted by Gasteiger charge is -2.10. The highest BCUT2D eigenvalue weighted by Gasteiger charge is 2.11. The molecule has 6 heteroatoms. The summed E-state index contributed by atoms with van der Waals surface area (Å²) in [4.78, 5) is 12.6. The van der Waals surface area contributed by atoms with Crippen molar-refractivity contribution in [3.05, 3.63) is 40.3 Å². The monoisotopic (exact) mass is 278 g/mol. The van der Waals surface area contributed by atoms with Crippen LogP contribution in [0.4, 0.5) is 0 Å². The first-order valence-electron chi connectivity index (χ1n) is 6.28. The average Bonchev–Trinajstić information content (AvgIpc) is 2.71. The molecule has 2 rings (SSSR count). The minimum atomic E-state index is -0.172. The molecule has 1 aromatic heterocycles. The molecule has 0 saturated carbocycles. The van der Waals surface area contributed by atoms with Crippen molar-refractivity contribution in [1.82, 2.24) is 14.8 Å². The van der Waals surface area contributed by atoms with Crippen molar-refractivity contribution in [3.8, 4) is 0 Å². The number of rotatable bonds is 5. The van der Waals surface area contributed by atoms with Crippen LogP contribution in [0.5, 0.6) is 0 Å². The largest absolute Gasteiger partial charge is 0.343 e. The Morgan fingerprint density at radius 1 is 1.47 bits per heavy atom. The quantitative estimate of drug-likeness (QED) is 0.871. The molecule has 1 unspecified atom stereocenters. The van der Waals surface area contributed by atoms with E-state index < -0.39 is 0 Å². The third-order valence-corrected chi connectivity index (χ3v) is 3.87. The van der Waals surface area contributed by atoms with Gasteiger partial charge < -0.3 is 5.73 Å². The number of aromatic amines is 1. The molecule has 0 radical (unpaired) electrons. The van der Waals surface area contributed by atoms with E-state index in [0.717, 1.165) is 11.3 Å². The van der Waals surface area contributed by atoms with Gasteiger partial charge in [0.15, 0.2) is 5.16 Å². The first-order valence-corrected chi connectivity index (χ1v) is 7.10. The van der Waals surface area contributed by atoms with Gasteiger partial charge in [0.05, 0.1) is 0 Å². The molecule has 1 aromatic carbocycles. The first kappa shape index (κ1) is 13.9. The van der Waals surface area contributed by atoms with Gasteiger partial charge in [0, 0.05) is 17.5 Å². The summed E-state index contributed by atoms with van der Waals surface area (Å²) in [6.07, 6.45) is 0.809. The molecule has 0 spiro atoms. The maximum absolute atomic E-state index is 11.5. The summed E-state index contributed by atoms with van der Waals surface area (Å²) in [5.41, 5.74) is 6.87. The SMILES string of the molecule is CCn1c(Sc2ccccc2CC(C)N)n[nH]c1=O. The van der Waals surface area contributed by atoms with Crippen molar-refractivity contribution in [2.45, 2.75) is 42.9 Å². The molecule has 0 aliphatic heterocycles. The molecule has 19 heavy (non-hydrogen) atoms. The van der Waals surface area contributed by atoms with Crippen LogP contribution in [0.3, 0.4) is 0 Å². The zero-order valence-electron chi connectivity index (χ0n) is 11.1. The van der Waals surface area contributed by atoms with Crippen LogP contribution < -0.4 is 11.4 Å². The lowest BCUT2D eigenvalue weighted by molar-refractivity contribution is 0.660. The Hall–Kier alpha value is -1.53. The second kappa shape index (κ2) is 6.08. The van der Waals surface area contributed by atoms with Crippen LogP contribution in [-0.2, 0) is 13.0 Å². The second-order valence-electron chi connectivity index (χ2n) is 4.45. The number of aromatic nitrogens is 3. The summed E-state index contributed by atoms with van der Waals surface area (Å²) in [5.74, 6) is 0. The molecule has 5 nitrogen and oxygen atoms in total. The minimum Gasteiger partial charge on any atom is -0.328 e. The molecule has 1 heterocycles. The predicted molar refractivity (Wildman–Crippen MR) is 76.4 cm³/mol. The van der Waals surface area contributed by atoms with E-state index in [1.54, 1.807) is 4.57 Å². The first-order chi connectivity index (χ1) is 9.11. The zero-order chi connectivity index (χ0) is 13.8. The Bertz CT molecular complexity index is 603. The summed E-state index contributed by atoms with van der Waals surface area (Å²) in [5, 5.41) is 7.22. The third kappa shape index (κ3) is 3.27. The molecular weight excluding hydrogens is 260 g/mol. The van der Waals surface area contributed by atoms with Gasteiger partial charge in [0.25, 0.3) is 0 Å². The summed E-state index contributed by atoms with van der Waals surface area (Å²) in [7, 11) is 0. The number of nitrogens with zero attached hydrogens (tertiary/aromatic N) is 2. The normalized spacial score (nSPS) is 12.6. The van der Waals surface area contributed by atoms with Crippen LogP contribution in [0.1, 0.15) is 19.4 Å². The van der Waals surface area contributed by atoms with Gasteiger partial charge in [-0.3, -0.25) is 4.57 Å². The fourth-order valence-electron chi connectivity index (χ4n) is 1.88. The van der Waals surface area contributed by atoms with Crippen LogP contribution in [0.2, 0.25) is 0 Å². The zero-order valence-corrected chi connectivity index (χ0v) is 11.9. The highest BCUT2D eigenvalue weighted by atomic mass is 32.2. The Morgan fingerprint density at radius 3 is 2.89 bits per heavy atom. The Morgan fingerprint density at radius 2 is 2.21 bits per heavy atom. The molecule has 1 atom stereocenters. The molecule has 0 fully saturated rings. The van der Waals surface area contributed by atoms with Crippen molar-refractivity contribution in [2.75, 3.05) is 0 Å². The van der Waals surface area contributed by atoms with Crippen molar-refractivity contribution in [3.63, 3.8) is 0 Å². The fourth-order valence-corrected chi connectivity index (χ4v) is 2.92. The Balaban J connectivity index is 2.30. The van der Waals surface area contributed by atoms with Gasteiger partial charge in [-0.1, -0.05) is 18.2 Å². The Labute approximate surface area is 116 Å². The lowest BCUT2D eigenvalue weighted by Crippen LogP contribution is -2.18. The predicted octanol–water partition coefficient (Wildman–Crippen LogP) is 1.63. The van der Waals surface area contributed by atoms with E-state index in [1.807, 2.05) is 32.0 Å². The second-order valence-corrected chi connectivity index (χ2v) is 5.46. The van der Waals surface area contributed by atoms with E-state index in [-0.39, 0.29) is 11.7 Å². The van der Waals surface area contributed by atoms with Gasteiger partial charge >= 0.3 is 5.69 Å². The van der Waals surface area contributed by atoms with Crippen LogP contribution in [-0.4, -0.2) is 20.8 Å². The van der Waals surface area contributed by atoms with E-state index in [0.29, 0.717) is 11.7 Å². The number of H-pyrrole nitrogens is 1. The number of hydrogen-bond donors (Lipinski definition) is 2. The maximum Gasteiger partial charge on any atom is 0.343 e. The van der Waals surface area contributed by atoms with Crippen LogP contribution in [0.15, 0.2) is 39.1 Å². The highest BCUT2D eigenvalue weighted by molar-refractivity contribution is 7.99. The standard InChI is InChI=1S/C13H18N4OS/c1-3-17-12(18)15-16-13(17)19-11-7-5-4-6-10(11)8-9(2)14/h4-7,9H,3,8,14H2,1-2H3,(H,15,18). The molecule has 0 bridgehead atoms. The summed E-state index contributed by atoms with van der Waals surface area (Å²) >= 11 is 1.49. The highest BCUT2D eigenvalue weighted by Crippen LogP contribution is 2.28. The molecule has 2 aromatic rings. The van der Waals surface area contributed by atoms with Gasteiger partial charge in [0.2, 0.25) is 0 Å². The lowest BCUT2D eigenvalue weighted by atomic mass is 10.1. The average molecular weight is 278 g/mol. The van der Waals surface area contributed by atoms with Gasteiger partial charge in [0.1, 0.15) is 0 Å². The van der Waals surface area contributed by atoms with E-state index in [4.69, 9.17) is 5.73 Å². The maximum atomic E-state index is 11.5. The topological polar surface area (TPSA) is 76.7 Å². The molecule has 0 aliphatic carbocycles. The molecule has 102 valence electrons. The van der Waals surface area contributed by atoms with E-state index >= 15 is 0 Å². The van der Waals surface area contributed by atoms with Gasteiger partial charge in [-0.25, -0.2) is 9.89 Å². The summed E-state index contributed by atoms with van der Waals surface area (Å²) in [6, 6.07) is 8.18. The van der Waals surface area contributed by atoms with Gasteiger partial charge in [-0.15, -0.1) is 5.10 Å².